The van der Waals surface area contributed by atoms with E-state index in [4.69, 9.17) is 19.8 Å². The highest BCUT2D eigenvalue weighted by molar-refractivity contribution is 6.27. The average Bonchev–Trinajstić information content (AvgIpc) is 2.41. The molecule has 1 aliphatic rings. The van der Waals surface area contributed by atoms with Crippen molar-refractivity contribution in [2.45, 2.75) is 57.4 Å². The highest BCUT2D eigenvalue weighted by atomic mass is 16.5. The minimum absolute atomic E-state index is 0.117. The molecule has 0 aliphatic heterocycles. The van der Waals surface area contributed by atoms with E-state index in [2.05, 4.69) is 10.1 Å². The van der Waals surface area contributed by atoms with Gasteiger partial charge in [-0.05, 0) is 12.8 Å². The first kappa shape index (κ1) is 19.4. The molecule has 122 valence electrons. The Morgan fingerprint density at radius 3 is 1.90 bits per heavy atom. The first-order valence-electron chi connectivity index (χ1n) is 7.23. The molecule has 1 fully saturated rings. The molecule has 0 aromatic rings. The van der Waals surface area contributed by atoms with E-state index in [1.54, 1.807) is 0 Å². The minimum atomic E-state index is -1.82. The lowest BCUT2D eigenvalue weighted by Gasteiger charge is -2.20. The Hall–Kier alpha value is -1.63. The summed E-state index contributed by atoms with van der Waals surface area (Å²) >= 11 is 0. The van der Waals surface area contributed by atoms with E-state index in [1.165, 1.54) is 52.1 Å². The van der Waals surface area contributed by atoms with Crippen molar-refractivity contribution < 1.29 is 29.3 Å². The summed E-state index contributed by atoms with van der Waals surface area (Å²) in [6.07, 6.45) is 9.82. The van der Waals surface area contributed by atoms with Crippen molar-refractivity contribution in [2.75, 3.05) is 13.7 Å². The molecule has 0 atom stereocenters. The summed E-state index contributed by atoms with van der Waals surface area (Å²) in [7, 11) is 1.44. The van der Waals surface area contributed by atoms with Crippen LogP contribution in [0, 0.1) is 0 Å². The Morgan fingerprint density at radius 2 is 1.48 bits per heavy atom. The van der Waals surface area contributed by atoms with Crippen molar-refractivity contribution >= 4 is 17.9 Å². The molecule has 0 spiro atoms. The summed E-state index contributed by atoms with van der Waals surface area (Å²) in [5.41, 5.74) is 0. The van der Waals surface area contributed by atoms with Gasteiger partial charge in [-0.1, -0.05) is 32.1 Å². The first-order valence-corrected chi connectivity index (χ1v) is 7.23. The molecule has 21 heavy (non-hydrogen) atoms. The van der Waals surface area contributed by atoms with Gasteiger partial charge >= 0.3 is 17.9 Å². The molecule has 0 aromatic heterocycles. The Kier molecular flexibility index (Phi) is 11.2. The van der Waals surface area contributed by atoms with Gasteiger partial charge in [0.25, 0.3) is 0 Å². The lowest BCUT2D eigenvalue weighted by Crippen LogP contribution is -2.31. The molecule has 0 unspecified atom stereocenters. The number of rotatable bonds is 4. The van der Waals surface area contributed by atoms with Crippen LogP contribution in [-0.4, -0.2) is 47.8 Å². The topological polar surface area (TPSA) is 113 Å². The quantitative estimate of drug-likeness (QED) is 0.531. The van der Waals surface area contributed by atoms with Crippen LogP contribution in [0.2, 0.25) is 0 Å². The Morgan fingerprint density at radius 1 is 1.00 bits per heavy atom. The highest BCUT2D eigenvalue weighted by Crippen LogP contribution is 2.16. The lowest BCUT2D eigenvalue weighted by atomic mass is 9.97. The molecule has 7 nitrogen and oxygen atoms in total. The van der Waals surface area contributed by atoms with E-state index >= 15 is 0 Å². The molecular weight excluding hydrogens is 278 g/mol. The van der Waals surface area contributed by atoms with Gasteiger partial charge in [-0.25, -0.2) is 9.59 Å². The normalized spacial score (nSPS) is 15.9. The minimum Gasteiger partial charge on any atom is -0.473 e. The third kappa shape index (κ3) is 11.9. The van der Waals surface area contributed by atoms with Crippen LogP contribution >= 0.6 is 0 Å². The molecule has 0 heterocycles. The largest absolute Gasteiger partial charge is 0.473 e. The number of carboxylic acid groups (broad SMARTS) is 2. The molecule has 0 amide bonds. The first-order chi connectivity index (χ1) is 9.97. The Bertz CT molecular complexity index is 311. The number of methoxy groups -OCH3 is 1. The summed E-state index contributed by atoms with van der Waals surface area (Å²) in [4.78, 5) is 29.1. The van der Waals surface area contributed by atoms with Gasteiger partial charge in [0.2, 0.25) is 0 Å². The van der Waals surface area contributed by atoms with Gasteiger partial charge in [0.05, 0.1) is 13.5 Å². The smallest absolute Gasteiger partial charge is 0.414 e. The summed E-state index contributed by atoms with van der Waals surface area (Å²) in [6, 6.07) is 0.620. The maximum atomic E-state index is 10.9. The molecule has 0 saturated heterocycles. The van der Waals surface area contributed by atoms with Crippen molar-refractivity contribution in [2.24, 2.45) is 0 Å². The molecule has 1 saturated carbocycles. The molecular formula is C14H25NO6. The number of carbonyl (C=O) groups excluding carboxylic acids is 1. The second-order valence-corrected chi connectivity index (χ2v) is 4.93. The number of nitrogens with one attached hydrogen (secondary N) is 1. The molecule has 0 bridgehead atoms. The van der Waals surface area contributed by atoms with Gasteiger partial charge < -0.3 is 20.3 Å². The monoisotopic (exact) mass is 303 g/mol. The van der Waals surface area contributed by atoms with Gasteiger partial charge in [0.15, 0.2) is 0 Å². The maximum absolute atomic E-state index is 10.9. The number of ether oxygens (including phenoxy) is 1. The van der Waals surface area contributed by atoms with Crippen LogP contribution in [-0.2, 0) is 19.1 Å². The summed E-state index contributed by atoms with van der Waals surface area (Å²) in [6.45, 7) is 0.761. The standard InChI is InChI=1S/C12H23NO2.C2H2O4/c1-15-12(14)9-10-13-11-7-5-3-2-4-6-8-11;3-1(4)2(5)6/h11,13H,2-10H2,1H3;(H,3,4)(H,5,6). The number of hydrogen-bond donors (Lipinski definition) is 3. The summed E-state index contributed by atoms with van der Waals surface area (Å²) in [5, 5.41) is 18.2. The maximum Gasteiger partial charge on any atom is 0.414 e. The van der Waals surface area contributed by atoms with E-state index < -0.39 is 11.9 Å². The van der Waals surface area contributed by atoms with Crippen molar-refractivity contribution in [1.82, 2.24) is 5.32 Å². The van der Waals surface area contributed by atoms with Crippen LogP contribution in [0.3, 0.4) is 0 Å². The van der Waals surface area contributed by atoms with Crippen LogP contribution in [0.1, 0.15) is 51.4 Å². The second kappa shape index (κ2) is 12.1. The number of carboxylic acids is 2. The number of aliphatic carboxylic acids is 2. The van der Waals surface area contributed by atoms with E-state index in [-0.39, 0.29) is 5.97 Å². The van der Waals surface area contributed by atoms with Gasteiger partial charge in [0, 0.05) is 12.6 Å². The SMILES string of the molecule is COC(=O)CCNC1CCCCCCC1.O=C(O)C(=O)O. The summed E-state index contributed by atoms with van der Waals surface area (Å²) < 4.78 is 4.61. The number of hydrogen-bond acceptors (Lipinski definition) is 5. The third-order valence-electron chi connectivity index (χ3n) is 3.28. The van der Waals surface area contributed by atoms with E-state index in [1.807, 2.05) is 0 Å². The zero-order valence-electron chi connectivity index (χ0n) is 12.5. The summed E-state index contributed by atoms with van der Waals surface area (Å²) in [5.74, 6) is -3.77. The number of esters is 1. The van der Waals surface area contributed by atoms with Gasteiger partial charge in [0.1, 0.15) is 0 Å². The molecule has 1 aliphatic carbocycles. The number of carbonyl (C=O) groups is 3. The predicted molar refractivity (Wildman–Crippen MR) is 76.0 cm³/mol. The second-order valence-electron chi connectivity index (χ2n) is 4.93. The molecule has 3 N–H and O–H groups in total. The van der Waals surface area contributed by atoms with Crippen LogP contribution < -0.4 is 5.32 Å². The average molecular weight is 303 g/mol. The van der Waals surface area contributed by atoms with Crippen LogP contribution in [0.25, 0.3) is 0 Å². The Labute approximate surface area is 124 Å². The third-order valence-corrected chi connectivity index (χ3v) is 3.28. The van der Waals surface area contributed by atoms with Gasteiger partial charge in [-0.2, -0.15) is 0 Å². The van der Waals surface area contributed by atoms with E-state index in [0.29, 0.717) is 12.5 Å². The molecule has 0 aromatic carbocycles. The van der Waals surface area contributed by atoms with Crippen LogP contribution in [0.5, 0.6) is 0 Å². The van der Waals surface area contributed by atoms with E-state index in [0.717, 1.165) is 6.54 Å². The van der Waals surface area contributed by atoms with Crippen LogP contribution in [0.4, 0.5) is 0 Å². The molecule has 7 heteroatoms. The van der Waals surface area contributed by atoms with Crippen molar-refractivity contribution in [3.8, 4) is 0 Å². The lowest BCUT2D eigenvalue weighted by molar-refractivity contribution is -0.159. The fraction of sp³-hybridized carbons (Fsp3) is 0.786. The van der Waals surface area contributed by atoms with Crippen molar-refractivity contribution in [3.63, 3.8) is 0 Å². The highest BCUT2D eigenvalue weighted by Gasteiger charge is 2.10. The molecule has 1 rings (SSSR count). The Balaban J connectivity index is 0.000000567. The van der Waals surface area contributed by atoms with Crippen LogP contribution in [0.15, 0.2) is 0 Å². The predicted octanol–water partition coefficient (Wildman–Crippen LogP) is 1.41. The zero-order chi connectivity index (χ0) is 16.1. The fourth-order valence-corrected chi connectivity index (χ4v) is 2.14. The van der Waals surface area contributed by atoms with Crippen molar-refractivity contribution in [1.29, 1.82) is 0 Å². The molecule has 0 radical (unpaired) electrons. The zero-order valence-corrected chi connectivity index (χ0v) is 12.5. The van der Waals surface area contributed by atoms with Crippen molar-refractivity contribution in [3.05, 3.63) is 0 Å². The van der Waals surface area contributed by atoms with Gasteiger partial charge in [-0.3, -0.25) is 4.79 Å². The van der Waals surface area contributed by atoms with Gasteiger partial charge in [-0.15, -0.1) is 0 Å². The van der Waals surface area contributed by atoms with E-state index in [9.17, 15) is 4.79 Å². The fourth-order valence-electron chi connectivity index (χ4n) is 2.14.